The molecule has 3 aliphatic rings. The van der Waals surface area contributed by atoms with Crippen LogP contribution < -0.4 is 0 Å². The van der Waals surface area contributed by atoms with Gasteiger partial charge in [-0.1, -0.05) is 31.3 Å². The maximum absolute atomic E-state index is 13.3. The summed E-state index contributed by atoms with van der Waals surface area (Å²) in [7, 11) is 0. The van der Waals surface area contributed by atoms with E-state index in [2.05, 4.69) is 21.9 Å². The van der Waals surface area contributed by atoms with E-state index in [9.17, 15) is 4.79 Å². The van der Waals surface area contributed by atoms with Crippen molar-refractivity contribution in [2.45, 2.75) is 84.2 Å². The topological polar surface area (TPSA) is 49.6 Å². The third-order valence-electron chi connectivity index (χ3n) is 7.36. The molecule has 1 atom stereocenters. The van der Waals surface area contributed by atoms with Crippen LogP contribution in [0.4, 0.5) is 0 Å². The number of carbonyl (C=O) groups is 1. The van der Waals surface area contributed by atoms with Crippen LogP contribution in [0.2, 0.25) is 0 Å². The Morgan fingerprint density at radius 2 is 1.85 bits per heavy atom. The Labute approximate surface area is 157 Å². The molecule has 4 rings (SSSR count). The Morgan fingerprint density at radius 3 is 2.46 bits per heavy atom. The quantitative estimate of drug-likeness (QED) is 0.823. The molecule has 5 heteroatoms. The number of piperidine rings is 1. The van der Waals surface area contributed by atoms with Gasteiger partial charge in [-0.2, -0.15) is 0 Å². The smallest absolute Gasteiger partial charge is 0.228 e. The van der Waals surface area contributed by atoms with E-state index in [1.807, 2.05) is 13.8 Å². The first-order valence-corrected chi connectivity index (χ1v) is 10.4. The number of hydrogen-bond acceptors (Lipinski definition) is 4. The molecule has 1 saturated carbocycles. The summed E-state index contributed by atoms with van der Waals surface area (Å²) in [5, 5.41) is 4.11. The highest BCUT2D eigenvalue weighted by Crippen LogP contribution is 2.43. The van der Waals surface area contributed by atoms with Crippen molar-refractivity contribution in [3.63, 3.8) is 0 Å². The number of amides is 1. The average Bonchev–Trinajstić information content (AvgIpc) is 2.97. The van der Waals surface area contributed by atoms with Gasteiger partial charge in [-0.05, 0) is 46.0 Å². The summed E-state index contributed by atoms with van der Waals surface area (Å²) in [6, 6.07) is 0. The van der Waals surface area contributed by atoms with Crippen molar-refractivity contribution in [2.75, 3.05) is 19.6 Å². The van der Waals surface area contributed by atoms with Gasteiger partial charge < -0.3 is 9.42 Å². The summed E-state index contributed by atoms with van der Waals surface area (Å²) in [6.45, 7) is 10.1. The fourth-order valence-electron chi connectivity index (χ4n) is 5.43. The number of aromatic nitrogens is 1. The predicted molar refractivity (Wildman–Crippen MR) is 101 cm³/mol. The van der Waals surface area contributed by atoms with Crippen LogP contribution in [0.25, 0.3) is 0 Å². The lowest BCUT2D eigenvalue weighted by Gasteiger charge is -2.58. The van der Waals surface area contributed by atoms with E-state index in [1.165, 1.54) is 37.7 Å². The first-order valence-electron chi connectivity index (χ1n) is 10.4. The number of carbonyl (C=O) groups excluding carboxylic acids is 1. The minimum Gasteiger partial charge on any atom is -0.361 e. The summed E-state index contributed by atoms with van der Waals surface area (Å²) in [6.07, 6.45) is 9.38. The number of hydrogen-bond donors (Lipinski definition) is 0. The maximum atomic E-state index is 13.3. The zero-order valence-electron chi connectivity index (χ0n) is 16.6. The van der Waals surface area contributed by atoms with Crippen LogP contribution in [-0.4, -0.2) is 46.0 Å². The van der Waals surface area contributed by atoms with Crippen LogP contribution in [0.3, 0.4) is 0 Å². The van der Waals surface area contributed by atoms with Crippen LogP contribution in [-0.2, 0) is 11.3 Å². The molecule has 0 radical (unpaired) electrons. The Balaban J connectivity index is 1.46. The molecule has 0 bridgehead atoms. The zero-order valence-corrected chi connectivity index (χ0v) is 16.6. The highest BCUT2D eigenvalue weighted by molar-refractivity contribution is 5.82. The van der Waals surface area contributed by atoms with Gasteiger partial charge in [-0.25, -0.2) is 0 Å². The Hall–Kier alpha value is -1.36. The van der Waals surface area contributed by atoms with Crippen LogP contribution in [0, 0.1) is 19.3 Å². The minimum atomic E-state index is -0.118. The molecule has 3 fully saturated rings. The van der Waals surface area contributed by atoms with Gasteiger partial charge in [0.25, 0.3) is 0 Å². The summed E-state index contributed by atoms with van der Waals surface area (Å²) in [4.78, 5) is 18.1. The summed E-state index contributed by atoms with van der Waals surface area (Å²) in [5.74, 6) is 1.35. The molecule has 2 saturated heterocycles. The summed E-state index contributed by atoms with van der Waals surface area (Å²) >= 11 is 0. The first kappa shape index (κ1) is 18.0. The third-order valence-corrected chi connectivity index (χ3v) is 7.36. The fourth-order valence-corrected chi connectivity index (χ4v) is 5.43. The van der Waals surface area contributed by atoms with Crippen LogP contribution in [0.5, 0.6) is 0 Å². The van der Waals surface area contributed by atoms with Gasteiger partial charge in [0.1, 0.15) is 5.76 Å². The molecule has 0 aromatic carbocycles. The SMILES string of the molecule is Cc1noc(C)c1CN1CC[C@@]12CCCN(C(=O)C1(C)CCCCC1)C2. The molecule has 0 unspecified atom stereocenters. The Bertz CT molecular complexity index is 657. The average molecular weight is 360 g/mol. The van der Waals surface area contributed by atoms with E-state index in [0.29, 0.717) is 5.91 Å². The molecule has 1 amide bonds. The lowest BCUT2D eigenvalue weighted by molar-refractivity contribution is -0.152. The monoisotopic (exact) mass is 359 g/mol. The number of rotatable bonds is 3. The van der Waals surface area contributed by atoms with Crippen molar-refractivity contribution in [2.24, 2.45) is 5.41 Å². The molecule has 1 aromatic rings. The van der Waals surface area contributed by atoms with E-state index in [0.717, 1.165) is 56.9 Å². The maximum Gasteiger partial charge on any atom is 0.228 e. The molecule has 1 aromatic heterocycles. The molecule has 0 N–H and O–H groups in total. The van der Waals surface area contributed by atoms with Crippen LogP contribution in [0.15, 0.2) is 4.52 Å². The number of aryl methyl sites for hydroxylation is 2. The third kappa shape index (κ3) is 2.98. The van der Waals surface area contributed by atoms with Gasteiger partial charge in [0, 0.05) is 42.7 Å². The Kier molecular flexibility index (Phi) is 4.62. The zero-order chi connectivity index (χ0) is 18.4. The van der Waals surface area contributed by atoms with Crippen molar-refractivity contribution < 1.29 is 9.32 Å². The lowest BCUT2D eigenvalue weighted by Crippen LogP contribution is -2.67. The molecule has 26 heavy (non-hydrogen) atoms. The molecule has 5 nitrogen and oxygen atoms in total. The normalized spacial score (nSPS) is 29.0. The second-order valence-electron chi connectivity index (χ2n) is 9.15. The van der Waals surface area contributed by atoms with Crippen molar-refractivity contribution in [3.8, 4) is 0 Å². The number of nitrogens with zero attached hydrogens (tertiary/aromatic N) is 3. The van der Waals surface area contributed by atoms with Gasteiger partial charge in [-0.3, -0.25) is 9.69 Å². The van der Waals surface area contributed by atoms with E-state index in [4.69, 9.17) is 4.52 Å². The van der Waals surface area contributed by atoms with Crippen LogP contribution in [0.1, 0.15) is 75.3 Å². The second kappa shape index (κ2) is 6.66. The summed E-state index contributed by atoms with van der Waals surface area (Å²) in [5.41, 5.74) is 2.29. The van der Waals surface area contributed by atoms with E-state index >= 15 is 0 Å². The summed E-state index contributed by atoms with van der Waals surface area (Å²) < 4.78 is 5.35. The van der Waals surface area contributed by atoms with Gasteiger partial charge in [0.05, 0.1) is 5.69 Å². The second-order valence-corrected chi connectivity index (χ2v) is 9.15. The Morgan fingerprint density at radius 1 is 1.08 bits per heavy atom. The number of likely N-dealkylation sites (tertiary alicyclic amines) is 2. The molecule has 3 heterocycles. The molecular formula is C21H33N3O2. The van der Waals surface area contributed by atoms with Gasteiger partial charge >= 0.3 is 0 Å². The predicted octanol–water partition coefficient (Wildman–Crippen LogP) is 3.83. The fraction of sp³-hybridized carbons (Fsp3) is 0.810. The highest BCUT2D eigenvalue weighted by Gasteiger charge is 2.50. The molecule has 2 aliphatic heterocycles. The highest BCUT2D eigenvalue weighted by atomic mass is 16.5. The minimum absolute atomic E-state index is 0.118. The van der Waals surface area contributed by atoms with Crippen molar-refractivity contribution in [1.82, 2.24) is 15.0 Å². The van der Waals surface area contributed by atoms with E-state index in [1.54, 1.807) is 0 Å². The molecule has 1 aliphatic carbocycles. The van der Waals surface area contributed by atoms with E-state index < -0.39 is 0 Å². The van der Waals surface area contributed by atoms with Gasteiger partial charge in [-0.15, -0.1) is 0 Å². The molecule has 1 spiro atoms. The molecule has 144 valence electrons. The van der Waals surface area contributed by atoms with Crippen molar-refractivity contribution >= 4 is 5.91 Å². The first-order chi connectivity index (χ1) is 12.4. The standard InChI is InChI=1S/C21H33N3O2/c1-16-18(17(2)26-22-16)14-24-13-11-21(24)10-7-12-23(15-21)19(25)20(3)8-5-4-6-9-20/h4-15H2,1-3H3/t21-/m1/s1. The van der Waals surface area contributed by atoms with Crippen molar-refractivity contribution in [1.29, 1.82) is 0 Å². The lowest BCUT2D eigenvalue weighted by atomic mass is 9.72. The van der Waals surface area contributed by atoms with Gasteiger partial charge in [0.2, 0.25) is 5.91 Å². The molecular weight excluding hydrogens is 326 g/mol. The van der Waals surface area contributed by atoms with Crippen LogP contribution >= 0.6 is 0 Å². The largest absolute Gasteiger partial charge is 0.361 e. The van der Waals surface area contributed by atoms with Crippen molar-refractivity contribution in [3.05, 3.63) is 17.0 Å². The van der Waals surface area contributed by atoms with Gasteiger partial charge in [0.15, 0.2) is 0 Å². The van der Waals surface area contributed by atoms with E-state index in [-0.39, 0.29) is 11.0 Å².